The third-order valence-electron chi connectivity index (χ3n) is 4.37. The van der Waals surface area contributed by atoms with E-state index in [0.29, 0.717) is 18.7 Å². The Hall–Kier alpha value is -2.57. The lowest BCUT2D eigenvalue weighted by Crippen LogP contribution is -2.36. The van der Waals surface area contributed by atoms with Crippen LogP contribution in [-0.4, -0.2) is 53.1 Å². The molecule has 2 unspecified atom stereocenters. The second kappa shape index (κ2) is 7.11. The number of oxime groups is 1. The van der Waals surface area contributed by atoms with Gasteiger partial charge in [0.1, 0.15) is 11.2 Å². The van der Waals surface area contributed by atoms with Crippen LogP contribution in [0.5, 0.6) is 0 Å². The SMILES string of the molecule is CC(C)(C)OC(=O)c1ccc(C2=NOC3CN(C(=O)OC(C)(C)C)CC23)cc1. The van der Waals surface area contributed by atoms with Crippen LogP contribution in [0.15, 0.2) is 29.4 Å². The van der Waals surface area contributed by atoms with Gasteiger partial charge in [-0.25, -0.2) is 9.59 Å². The number of ether oxygens (including phenoxy) is 2. The molecule has 1 saturated heterocycles. The van der Waals surface area contributed by atoms with Gasteiger partial charge in [-0.1, -0.05) is 17.3 Å². The quantitative estimate of drug-likeness (QED) is 0.723. The molecule has 1 fully saturated rings. The molecule has 2 aliphatic rings. The number of likely N-dealkylation sites (tertiary alicyclic amines) is 1. The maximum Gasteiger partial charge on any atom is 0.410 e. The molecule has 2 heterocycles. The molecule has 0 saturated carbocycles. The molecular formula is C21H28N2O5. The fourth-order valence-electron chi connectivity index (χ4n) is 3.19. The number of nitrogens with zero attached hydrogens (tertiary/aromatic N) is 2. The van der Waals surface area contributed by atoms with E-state index in [2.05, 4.69) is 5.16 Å². The van der Waals surface area contributed by atoms with E-state index in [1.54, 1.807) is 17.0 Å². The highest BCUT2D eigenvalue weighted by Gasteiger charge is 2.45. The topological polar surface area (TPSA) is 77.4 Å². The van der Waals surface area contributed by atoms with Crippen molar-refractivity contribution in [2.45, 2.75) is 58.8 Å². The average molecular weight is 388 g/mol. The summed E-state index contributed by atoms with van der Waals surface area (Å²) < 4.78 is 10.8. The second-order valence-corrected chi connectivity index (χ2v) is 9.19. The average Bonchev–Trinajstić information content (AvgIpc) is 3.12. The first-order valence-corrected chi connectivity index (χ1v) is 9.48. The van der Waals surface area contributed by atoms with Crippen LogP contribution >= 0.6 is 0 Å². The lowest BCUT2D eigenvalue weighted by atomic mass is 9.94. The van der Waals surface area contributed by atoms with Crippen molar-refractivity contribution in [2.75, 3.05) is 13.1 Å². The maximum atomic E-state index is 12.3. The van der Waals surface area contributed by atoms with Gasteiger partial charge in [-0.05, 0) is 59.2 Å². The summed E-state index contributed by atoms with van der Waals surface area (Å²) in [6, 6.07) is 7.11. The molecule has 0 radical (unpaired) electrons. The van der Waals surface area contributed by atoms with Crippen molar-refractivity contribution in [1.29, 1.82) is 0 Å². The Kier molecular flexibility index (Phi) is 5.12. The predicted molar refractivity (Wildman–Crippen MR) is 104 cm³/mol. The second-order valence-electron chi connectivity index (χ2n) is 9.19. The highest BCUT2D eigenvalue weighted by molar-refractivity contribution is 6.04. The van der Waals surface area contributed by atoms with Crippen LogP contribution in [0.25, 0.3) is 0 Å². The molecule has 0 aliphatic carbocycles. The van der Waals surface area contributed by atoms with Gasteiger partial charge in [-0.2, -0.15) is 0 Å². The van der Waals surface area contributed by atoms with Crippen molar-refractivity contribution >= 4 is 17.8 Å². The predicted octanol–water partition coefficient (Wildman–Crippen LogP) is 3.61. The first-order valence-electron chi connectivity index (χ1n) is 9.48. The highest BCUT2D eigenvalue weighted by Crippen LogP contribution is 2.31. The molecule has 28 heavy (non-hydrogen) atoms. The molecule has 0 bridgehead atoms. The number of carbonyl (C=O) groups is 2. The van der Waals surface area contributed by atoms with Gasteiger partial charge < -0.3 is 19.2 Å². The monoisotopic (exact) mass is 388 g/mol. The summed E-state index contributed by atoms with van der Waals surface area (Å²) in [5.74, 6) is -0.376. The van der Waals surface area contributed by atoms with Gasteiger partial charge in [-0.3, -0.25) is 0 Å². The van der Waals surface area contributed by atoms with Gasteiger partial charge in [-0.15, -0.1) is 0 Å². The zero-order valence-corrected chi connectivity index (χ0v) is 17.3. The fourth-order valence-corrected chi connectivity index (χ4v) is 3.19. The third-order valence-corrected chi connectivity index (χ3v) is 4.37. The highest BCUT2D eigenvalue weighted by atomic mass is 16.6. The molecule has 2 aliphatic heterocycles. The summed E-state index contributed by atoms with van der Waals surface area (Å²) in [5.41, 5.74) is 1.06. The first-order chi connectivity index (χ1) is 12.9. The zero-order valence-electron chi connectivity index (χ0n) is 17.3. The standard InChI is InChI=1S/C21H28N2O5/c1-20(2,3)26-18(24)14-9-7-13(8-10-14)17-15-11-23(12-16(15)28-22-17)19(25)27-21(4,5)6/h7-10,15-16H,11-12H2,1-6H3. The number of carbonyl (C=O) groups excluding carboxylic acids is 2. The van der Waals surface area contributed by atoms with Crippen LogP contribution < -0.4 is 0 Å². The minimum atomic E-state index is -0.540. The van der Waals surface area contributed by atoms with Gasteiger partial charge in [0.2, 0.25) is 0 Å². The summed E-state index contributed by atoms with van der Waals surface area (Å²) in [6.45, 7) is 12.0. The number of benzene rings is 1. The largest absolute Gasteiger partial charge is 0.456 e. The summed E-state index contributed by atoms with van der Waals surface area (Å²) in [5, 5.41) is 4.21. The summed E-state index contributed by atoms with van der Waals surface area (Å²) in [7, 11) is 0. The van der Waals surface area contributed by atoms with Gasteiger partial charge >= 0.3 is 12.1 Å². The molecule has 2 atom stereocenters. The van der Waals surface area contributed by atoms with E-state index in [0.717, 1.165) is 11.3 Å². The number of esters is 1. The summed E-state index contributed by atoms with van der Waals surface area (Å²) in [6.07, 6.45) is -0.516. The van der Waals surface area contributed by atoms with Crippen molar-refractivity contribution in [3.05, 3.63) is 35.4 Å². The van der Waals surface area contributed by atoms with Crippen molar-refractivity contribution in [1.82, 2.24) is 4.90 Å². The van der Waals surface area contributed by atoms with E-state index in [-0.39, 0.29) is 24.1 Å². The Morgan fingerprint density at radius 2 is 1.61 bits per heavy atom. The molecule has 0 aromatic heterocycles. The molecule has 7 heteroatoms. The fraction of sp³-hybridized carbons (Fsp3) is 0.571. The van der Waals surface area contributed by atoms with E-state index in [1.807, 2.05) is 53.7 Å². The van der Waals surface area contributed by atoms with Crippen LogP contribution in [0.3, 0.4) is 0 Å². The first kappa shape index (κ1) is 20.2. The number of rotatable bonds is 2. The van der Waals surface area contributed by atoms with Crippen LogP contribution in [0.2, 0.25) is 0 Å². The van der Waals surface area contributed by atoms with Gasteiger partial charge in [0.05, 0.1) is 23.7 Å². The maximum absolute atomic E-state index is 12.3. The molecule has 0 N–H and O–H groups in total. The van der Waals surface area contributed by atoms with Crippen LogP contribution in [0.4, 0.5) is 4.79 Å². The zero-order chi connectivity index (χ0) is 20.7. The van der Waals surface area contributed by atoms with E-state index >= 15 is 0 Å². The third kappa shape index (κ3) is 4.64. The van der Waals surface area contributed by atoms with Crippen LogP contribution in [0, 0.1) is 5.92 Å². The lowest BCUT2D eigenvalue weighted by molar-refractivity contribution is 0.00688. The summed E-state index contributed by atoms with van der Waals surface area (Å²) in [4.78, 5) is 31.7. The van der Waals surface area contributed by atoms with Gasteiger partial charge in [0, 0.05) is 6.54 Å². The molecule has 1 aromatic carbocycles. The van der Waals surface area contributed by atoms with E-state index in [9.17, 15) is 9.59 Å². The Balaban J connectivity index is 1.67. The molecule has 152 valence electrons. The molecule has 1 amide bonds. The minimum Gasteiger partial charge on any atom is -0.456 e. The Labute approximate surface area is 165 Å². The Morgan fingerprint density at radius 3 is 2.18 bits per heavy atom. The van der Waals surface area contributed by atoms with Crippen molar-refractivity contribution < 1.29 is 23.9 Å². The van der Waals surface area contributed by atoms with Crippen molar-refractivity contribution in [3.63, 3.8) is 0 Å². The normalized spacial score (nSPS) is 21.6. The van der Waals surface area contributed by atoms with Gasteiger partial charge in [0.15, 0.2) is 6.10 Å². The molecule has 7 nitrogen and oxygen atoms in total. The molecule has 1 aromatic rings. The van der Waals surface area contributed by atoms with E-state index in [1.165, 1.54) is 0 Å². The number of hydrogen-bond donors (Lipinski definition) is 0. The van der Waals surface area contributed by atoms with E-state index in [4.69, 9.17) is 14.3 Å². The Morgan fingerprint density at radius 1 is 1.00 bits per heavy atom. The van der Waals surface area contributed by atoms with E-state index < -0.39 is 11.2 Å². The van der Waals surface area contributed by atoms with Crippen molar-refractivity contribution in [3.8, 4) is 0 Å². The van der Waals surface area contributed by atoms with Crippen molar-refractivity contribution in [2.24, 2.45) is 11.1 Å². The van der Waals surface area contributed by atoms with Gasteiger partial charge in [0.25, 0.3) is 0 Å². The smallest absolute Gasteiger partial charge is 0.410 e. The lowest BCUT2D eigenvalue weighted by Gasteiger charge is -2.24. The number of fused-ring (bicyclic) bond motifs is 1. The Bertz CT molecular complexity index is 786. The van der Waals surface area contributed by atoms with Crippen LogP contribution in [0.1, 0.15) is 57.5 Å². The molecule has 0 spiro atoms. The van der Waals surface area contributed by atoms with Crippen LogP contribution in [-0.2, 0) is 14.3 Å². The number of hydrogen-bond acceptors (Lipinski definition) is 6. The number of amides is 1. The summed E-state index contributed by atoms with van der Waals surface area (Å²) >= 11 is 0. The molecular weight excluding hydrogens is 360 g/mol. The minimum absolute atomic E-state index is 0.0140. The molecule has 3 rings (SSSR count).